The molecule has 0 bridgehead atoms. The molecule has 0 heterocycles. The molecule has 2 aliphatic carbocycles. The smallest absolute Gasteiger partial charge is 0.0165 e. The Bertz CT molecular complexity index is 2740. The Kier molecular flexibility index (Phi) is 5.89. The normalized spacial score (nSPS) is 14.8. The van der Waals surface area contributed by atoms with Crippen LogP contribution < -0.4 is 0 Å². The second-order valence-electron chi connectivity index (χ2n) is 16.0. The summed E-state index contributed by atoms with van der Waals surface area (Å²) in [5.41, 5.74) is 16.1. The summed E-state index contributed by atoms with van der Waals surface area (Å²) in [6.45, 7) is 9.56. The molecule has 0 atom stereocenters. The Hall–Kier alpha value is -5.98. The molecule has 0 nitrogen and oxygen atoms in total. The Balaban J connectivity index is 1.15. The lowest BCUT2D eigenvalue weighted by molar-refractivity contribution is 0.666. The highest BCUT2D eigenvalue weighted by molar-refractivity contribution is 6.22. The second-order valence-corrected chi connectivity index (χ2v) is 16.0. The van der Waals surface area contributed by atoms with E-state index in [1.807, 2.05) is 0 Å². The summed E-state index contributed by atoms with van der Waals surface area (Å²) in [5.74, 6) is 0. The van der Waals surface area contributed by atoms with Crippen LogP contribution in [-0.4, -0.2) is 0 Å². The molecule has 0 unspecified atom stereocenters. The molecule has 0 spiro atoms. The lowest BCUT2D eigenvalue weighted by atomic mass is 9.79. The van der Waals surface area contributed by atoms with Gasteiger partial charge in [0.1, 0.15) is 0 Å². The van der Waals surface area contributed by atoms with Gasteiger partial charge in [-0.15, -0.1) is 0 Å². The minimum Gasteiger partial charge on any atom is -0.0616 e. The molecule has 11 rings (SSSR count). The first-order chi connectivity index (χ1) is 25.3. The molecule has 0 amide bonds. The molecule has 52 heavy (non-hydrogen) atoms. The van der Waals surface area contributed by atoms with E-state index in [1.165, 1.54) is 110 Å². The van der Waals surface area contributed by atoms with Crippen LogP contribution in [0.4, 0.5) is 0 Å². The summed E-state index contributed by atoms with van der Waals surface area (Å²) >= 11 is 0. The zero-order valence-corrected chi connectivity index (χ0v) is 30.0. The molecule has 2 aliphatic rings. The zero-order valence-electron chi connectivity index (χ0n) is 30.0. The van der Waals surface area contributed by atoms with Crippen molar-refractivity contribution in [1.29, 1.82) is 0 Å². The van der Waals surface area contributed by atoms with Crippen molar-refractivity contribution in [3.63, 3.8) is 0 Å². The summed E-state index contributed by atoms with van der Waals surface area (Å²) in [6, 6.07) is 59.7. The van der Waals surface area contributed by atoms with Gasteiger partial charge in [0.2, 0.25) is 0 Å². The monoisotopic (exact) mass is 662 g/mol. The van der Waals surface area contributed by atoms with Crippen LogP contribution >= 0.6 is 0 Å². The van der Waals surface area contributed by atoms with Crippen LogP contribution in [0.1, 0.15) is 49.9 Å². The van der Waals surface area contributed by atoms with Gasteiger partial charge in [-0.25, -0.2) is 0 Å². The van der Waals surface area contributed by atoms with Crippen LogP contribution in [0.25, 0.3) is 87.6 Å². The number of rotatable bonds is 2. The maximum absolute atomic E-state index is 2.48. The van der Waals surface area contributed by atoms with Crippen molar-refractivity contribution in [1.82, 2.24) is 0 Å². The minimum absolute atomic E-state index is 0.0783. The average Bonchev–Trinajstić information content (AvgIpc) is 3.55. The highest BCUT2D eigenvalue weighted by atomic mass is 14.4. The summed E-state index contributed by atoms with van der Waals surface area (Å²) in [5, 5.41) is 10.5. The van der Waals surface area contributed by atoms with Crippen molar-refractivity contribution >= 4 is 43.1 Å². The molecule has 246 valence electrons. The average molecular weight is 663 g/mol. The Labute approximate surface area is 305 Å². The quantitative estimate of drug-likeness (QED) is 0.162. The molecule has 0 heteroatoms. The van der Waals surface area contributed by atoms with Crippen molar-refractivity contribution in [2.45, 2.75) is 38.5 Å². The molecule has 9 aromatic rings. The number of hydrogen-bond donors (Lipinski definition) is 0. The van der Waals surface area contributed by atoms with E-state index in [2.05, 4.69) is 185 Å². The van der Waals surface area contributed by atoms with Gasteiger partial charge in [0.25, 0.3) is 0 Å². The lowest BCUT2D eigenvalue weighted by Gasteiger charge is -2.24. The van der Waals surface area contributed by atoms with E-state index in [0.717, 1.165) is 0 Å². The molecule has 0 aromatic heterocycles. The van der Waals surface area contributed by atoms with Crippen molar-refractivity contribution < 1.29 is 0 Å². The van der Waals surface area contributed by atoms with Crippen LogP contribution in [0.5, 0.6) is 0 Å². The zero-order chi connectivity index (χ0) is 34.9. The third kappa shape index (κ3) is 3.82. The van der Waals surface area contributed by atoms with E-state index >= 15 is 0 Å². The first-order valence-corrected chi connectivity index (χ1v) is 18.6. The van der Waals surface area contributed by atoms with Crippen LogP contribution in [0.15, 0.2) is 158 Å². The van der Waals surface area contributed by atoms with E-state index < -0.39 is 0 Å². The highest BCUT2D eigenvalue weighted by Gasteiger charge is 2.38. The Morgan fingerprint density at radius 1 is 0.308 bits per heavy atom. The van der Waals surface area contributed by atoms with Crippen molar-refractivity contribution in [2.24, 2.45) is 0 Å². The van der Waals surface area contributed by atoms with Gasteiger partial charge in [-0.2, -0.15) is 0 Å². The van der Waals surface area contributed by atoms with Gasteiger partial charge in [0.15, 0.2) is 0 Å². The second kappa shape index (κ2) is 10.3. The van der Waals surface area contributed by atoms with E-state index in [-0.39, 0.29) is 10.8 Å². The molecule has 9 aromatic carbocycles. The predicted octanol–water partition coefficient (Wildman–Crippen LogP) is 14.2. The van der Waals surface area contributed by atoms with E-state index in [9.17, 15) is 0 Å². The van der Waals surface area contributed by atoms with Crippen molar-refractivity contribution in [3.8, 4) is 44.5 Å². The molecule has 0 N–H and O–H groups in total. The van der Waals surface area contributed by atoms with Gasteiger partial charge in [0.05, 0.1) is 0 Å². The fraction of sp³-hybridized carbons (Fsp3) is 0.115. The summed E-state index contributed by atoms with van der Waals surface area (Å²) < 4.78 is 0. The Morgan fingerprint density at radius 3 is 1.04 bits per heavy atom. The largest absolute Gasteiger partial charge is 0.0616 e. The van der Waals surface area contributed by atoms with Crippen LogP contribution in [0, 0.1) is 0 Å². The fourth-order valence-corrected chi connectivity index (χ4v) is 10.3. The summed E-state index contributed by atoms with van der Waals surface area (Å²) in [6.07, 6.45) is 0. The molecule has 0 saturated carbocycles. The molecular formula is C52H38. The summed E-state index contributed by atoms with van der Waals surface area (Å²) in [4.78, 5) is 0. The number of fused-ring (bicyclic) bond motifs is 12. The van der Waals surface area contributed by atoms with Crippen LogP contribution in [0.2, 0.25) is 0 Å². The minimum atomic E-state index is -0.0783. The number of benzene rings is 9. The van der Waals surface area contributed by atoms with E-state index in [4.69, 9.17) is 0 Å². The standard InChI is InChI=1S/C52H38/c1-51(2)45-27-23-33(29-43(45)41-25-21-31-13-5-7-15-35(31)49(41)51)47-37-17-9-11-19-39(37)48(40-20-12-10-18-38(40)47)34-24-28-46-44(30-34)42-26-22-32-14-6-8-16-36(32)50(42)52(46,3)4/h5-30H,1-4H3. The summed E-state index contributed by atoms with van der Waals surface area (Å²) in [7, 11) is 0. The first kappa shape index (κ1) is 29.7. The Morgan fingerprint density at radius 2 is 0.654 bits per heavy atom. The van der Waals surface area contributed by atoms with Gasteiger partial charge in [0, 0.05) is 10.8 Å². The third-order valence-electron chi connectivity index (χ3n) is 12.6. The van der Waals surface area contributed by atoms with E-state index in [0.29, 0.717) is 0 Å². The van der Waals surface area contributed by atoms with E-state index in [1.54, 1.807) is 0 Å². The molecule has 0 fully saturated rings. The maximum atomic E-state index is 2.48. The van der Waals surface area contributed by atoms with Crippen LogP contribution in [-0.2, 0) is 10.8 Å². The molecule has 0 aliphatic heterocycles. The fourth-order valence-electron chi connectivity index (χ4n) is 10.3. The third-order valence-corrected chi connectivity index (χ3v) is 12.6. The molecule has 0 saturated heterocycles. The maximum Gasteiger partial charge on any atom is 0.0165 e. The topological polar surface area (TPSA) is 0 Å². The van der Waals surface area contributed by atoms with Gasteiger partial charge in [-0.05, 0) is 122 Å². The van der Waals surface area contributed by atoms with Gasteiger partial charge >= 0.3 is 0 Å². The SMILES string of the molecule is CC1(C)c2ccc(-c3c4ccccc4c(-c4ccc5c(c4)-c4ccc6ccccc6c4C5(C)C)c4ccccc34)cc2-c2ccc3ccccc3c21. The van der Waals surface area contributed by atoms with Gasteiger partial charge in [-0.3, -0.25) is 0 Å². The van der Waals surface area contributed by atoms with Crippen LogP contribution in [0.3, 0.4) is 0 Å². The lowest BCUT2D eigenvalue weighted by Crippen LogP contribution is -2.15. The highest BCUT2D eigenvalue weighted by Crippen LogP contribution is 2.55. The van der Waals surface area contributed by atoms with Gasteiger partial charge < -0.3 is 0 Å². The predicted molar refractivity (Wildman–Crippen MR) is 222 cm³/mol. The first-order valence-electron chi connectivity index (χ1n) is 18.6. The molecule has 0 radical (unpaired) electrons. The van der Waals surface area contributed by atoms with Crippen molar-refractivity contribution in [3.05, 3.63) is 180 Å². The number of hydrogen-bond acceptors (Lipinski definition) is 0. The molecular weight excluding hydrogens is 625 g/mol. The van der Waals surface area contributed by atoms with Crippen molar-refractivity contribution in [2.75, 3.05) is 0 Å². The van der Waals surface area contributed by atoms with Gasteiger partial charge in [-0.1, -0.05) is 173 Å².